The number of pyridine rings is 1. The van der Waals surface area contributed by atoms with Gasteiger partial charge in [0, 0.05) is 16.7 Å². The number of fused-ring (bicyclic) bond motifs is 1. The van der Waals surface area contributed by atoms with Crippen LogP contribution in [0.3, 0.4) is 0 Å². The molecule has 0 spiro atoms. The number of thioether (sulfide) groups is 1. The number of benzene rings is 1. The number of hydrogen-bond acceptors (Lipinski definition) is 7. The van der Waals surface area contributed by atoms with Gasteiger partial charge in [0.2, 0.25) is 11.9 Å². The lowest BCUT2D eigenvalue weighted by molar-refractivity contribution is -0.117. The Morgan fingerprint density at radius 3 is 2.96 bits per heavy atom. The first-order valence-electron chi connectivity index (χ1n) is 7.73. The van der Waals surface area contributed by atoms with Crippen molar-refractivity contribution in [2.45, 2.75) is 11.4 Å². The summed E-state index contributed by atoms with van der Waals surface area (Å²) in [5, 5.41) is 17.6. The second-order valence-electron chi connectivity index (χ2n) is 5.44. The molecular formula is C16H14N8OS. The van der Waals surface area contributed by atoms with E-state index in [1.165, 1.54) is 15.9 Å². The fraction of sp³-hybridized carbons (Fsp3) is 0.125. The van der Waals surface area contributed by atoms with Crippen molar-refractivity contribution in [1.29, 1.82) is 0 Å². The molecule has 4 aromatic rings. The van der Waals surface area contributed by atoms with E-state index < -0.39 is 0 Å². The SMILES string of the molecule is CSc1cccc(-c2ccc3nc(NC(=O)Cn4cnnn4)nn3c2)c1. The molecule has 3 aromatic heterocycles. The van der Waals surface area contributed by atoms with E-state index in [-0.39, 0.29) is 18.4 Å². The minimum atomic E-state index is -0.305. The maximum atomic E-state index is 12.0. The van der Waals surface area contributed by atoms with Crippen molar-refractivity contribution >= 4 is 29.3 Å². The predicted octanol–water partition coefficient (Wildman–Crippen LogP) is 1.74. The minimum Gasteiger partial charge on any atom is -0.292 e. The smallest absolute Gasteiger partial charge is 0.249 e. The van der Waals surface area contributed by atoms with Crippen LogP contribution in [0.1, 0.15) is 0 Å². The zero-order chi connectivity index (χ0) is 17.9. The lowest BCUT2D eigenvalue weighted by Crippen LogP contribution is -2.19. The van der Waals surface area contributed by atoms with Crippen molar-refractivity contribution in [3.63, 3.8) is 0 Å². The lowest BCUT2D eigenvalue weighted by Gasteiger charge is -2.04. The van der Waals surface area contributed by atoms with Crippen molar-refractivity contribution in [2.24, 2.45) is 0 Å². The molecule has 0 aliphatic rings. The maximum absolute atomic E-state index is 12.0. The Hall–Kier alpha value is -3.27. The van der Waals surface area contributed by atoms with E-state index in [4.69, 9.17) is 0 Å². The molecule has 0 fully saturated rings. The molecule has 3 heterocycles. The van der Waals surface area contributed by atoms with E-state index in [0.717, 1.165) is 11.1 Å². The molecule has 0 aliphatic carbocycles. The zero-order valence-electron chi connectivity index (χ0n) is 13.8. The van der Waals surface area contributed by atoms with E-state index in [2.05, 4.69) is 43.1 Å². The minimum absolute atomic E-state index is 0.00468. The van der Waals surface area contributed by atoms with Gasteiger partial charge in [-0.05, 0) is 46.5 Å². The largest absolute Gasteiger partial charge is 0.292 e. The van der Waals surface area contributed by atoms with Gasteiger partial charge in [0.1, 0.15) is 12.9 Å². The summed E-state index contributed by atoms with van der Waals surface area (Å²) in [5.74, 6) is -0.0702. The molecule has 1 aromatic carbocycles. The van der Waals surface area contributed by atoms with E-state index in [0.29, 0.717) is 5.65 Å². The van der Waals surface area contributed by atoms with E-state index in [1.54, 1.807) is 16.3 Å². The van der Waals surface area contributed by atoms with Crippen LogP contribution in [0.2, 0.25) is 0 Å². The third kappa shape index (κ3) is 3.40. The summed E-state index contributed by atoms with van der Waals surface area (Å²) >= 11 is 1.70. The van der Waals surface area contributed by atoms with Gasteiger partial charge in [-0.15, -0.1) is 22.0 Å². The van der Waals surface area contributed by atoms with Crippen molar-refractivity contribution in [1.82, 2.24) is 34.8 Å². The lowest BCUT2D eigenvalue weighted by atomic mass is 10.1. The number of nitrogens with one attached hydrogen (secondary N) is 1. The highest BCUT2D eigenvalue weighted by Gasteiger charge is 2.10. The van der Waals surface area contributed by atoms with Crippen molar-refractivity contribution in [3.05, 3.63) is 48.9 Å². The Labute approximate surface area is 152 Å². The first-order valence-corrected chi connectivity index (χ1v) is 8.95. The van der Waals surface area contributed by atoms with Gasteiger partial charge in [-0.2, -0.15) is 4.98 Å². The highest BCUT2D eigenvalue weighted by atomic mass is 32.2. The van der Waals surface area contributed by atoms with Crippen LogP contribution in [0.15, 0.2) is 53.8 Å². The molecule has 130 valence electrons. The molecule has 0 radical (unpaired) electrons. The Kier molecular flexibility index (Phi) is 4.32. The van der Waals surface area contributed by atoms with Crippen molar-refractivity contribution in [3.8, 4) is 11.1 Å². The van der Waals surface area contributed by atoms with Crippen LogP contribution in [0.5, 0.6) is 0 Å². The van der Waals surface area contributed by atoms with Crippen LogP contribution >= 0.6 is 11.8 Å². The van der Waals surface area contributed by atoms with E-state index in [9.17, 15) is 4.79 Å². The van der Waals surface area contributed by atoms with Crippen molar-refractivity contribution in [2.75, 3.05) is 11.6 Å². The van der Waals surface area contributed by atoms with Crippen LogP contribution < -0.4 is 5.32 Å². The monoisotopic (exact) mass is 366 g/mol. The number of carbonyl (C=O) groups excluding carboxylic acids is 1. The summed E-state index contributed by atoms with van der Waals surface area (Å²) in [7, 11) is 0. The highest BCUT2D eigenvalue weighted by molar-refractivity contribution is 7.98. The number of amides is 1. The topological polar surface area (TPSA) is 103 Å². The van der Waals surface area contributed by atoms with Gasteiger partial charge >= 0.3 is 0 Å². The summed E-state index contributed by atoms with van der Waals surface area (Å²) < 4.78 is 2.97. The van der Waals surface area contributed by atoms with Crippen molar-refractivity contribution < 1.29 is 4.79 Å². The summed E-state index contributed by atoms with van der Waals surface area (Å²) in [6, 6.07) is 12.1. The Morgan fingerprint density at radius 1 is 1.23 bits per heavy atom. The maximum Gasteiger partial charge on any atom is 0.249 e. The second-order valence-corrected chi connectivity index (χ2v) is 6.32. The Balaban J connectivity index is 1.56. The average Bonchev–Trinajstić information content (AvgIpc) is 3.30. The van der Waals surface area contributed by atoms with E-state index in [1.807, 2.05) is 36.7 Å². The molecule has 0 saturated carbocycles. The molecule has 9 nitrogen and oxygen atoms in total. The molecule has 0 unspecified atom stereocenters. The van der Waals surface area contributed by atoms with Gasteiger partial charge < -0.3 is 0 Å². The molecular weight excluding hydrogens is 352 g/mol. The number of carbonyl (C=O) groups is 1. The van der Waals surface area contributed by atoms with Crippen LogP contribution in [0, 0.1) is 0 Å². The second kappa shape index (κ2) is 6.92. The summed E-state index contributed by atoms with van der Waals surface area (Å²) in [5.41, 5.74) is 2.76. The predicted molar refractivity (Wildman–Crippen MR) is 96.7 cm³/mol. The number of aromatic nitrogens is 7. The zero-order valence-corrected chi connectivity index (χ0v) is 14.6. The number of rotatable bonds is 5. The molecule has 0 aliphatic heterocycles. The summed E-state index contributed by atoms with van der Waals surface area (Å²) in [6.45, 7) is -0.00468. The molecule has 1 amide bonds. The van der Waals surface area contributed by atoms with Crippen LogP contribution in [-0.4, -0.2) is 47.0 Å². The third-order valence-electron chi connectivity index (χ3n) is 3.68. The molecule has 1 N–H and O–H groups in total. The average molecular weight is 366 g/mol. The fourth-order valence-electron chi connectivity index (χ4n) is 2.47. The standard InChI is InChI=1S/C16H14N8OS/c1-26-13-4-2-3-11(7-13)12-5-6-14-18-16(20-24(14)8-12)19-15(25)9-23-10-17-21-22-23/h2-8,10H,9H2,1H3,(H,19,20,25). The van der Waals surface area contributed by atoms with Gasteiger partial charge in [0.05, 0.1) is 0 Å². The van der Waals surface area contributed by atoms with Crippen LogP contribution in [-0.2, 0) is 11.3 Å². The van der Waals surface area contributed by atoms with Crippen LogP contribution in [0.25, 0.3) is 16.8 Å². The van der Waals surface area contributed by atoms with Gasteiger partial charge in [0.15, 0.2) is 5.65 Å². The fourth-order valence-corrected chi connectivity index (χ4v) is 2.93. The quantitative estimate of drug-likeness (QED) is 0.537. The van der Waals surface area contributed by atoms with Gasteiger partial charge in [-0.25, -0.2) is 9.20 Å². The molecule has 0 bridgehead atoms. The first-order chi connectivity index (χ1) is 12.7. The van der Waals surface area contributed by atoms with Gasteiger partial charge in [-0.3, -0.25) is 10.1 Å². The number of tetrazole rings is 1. The molecule has 26 heavy (non-hydrogen) atoms. The van der Waals surface area contributed by atoms with Gasteiger partial charge in [-0.1, -0.05) is 12.1 Å². The van der Waals surface area contributed by atoms with E-state index >= 15 is 0 Å². The normalized spacial score (nSPS) is 11.0. The molecule has 0 atom stereocenters. The Morgan fingerprint density at radius 2 is 2.15 bits per heavy atom. The molecule has 10 heteroatoms. The number of anilines is 1. The van der Waals surface area contributed by atoms with Crippen LogP contribution in [0.4, 0.5) is 5.95 Å². The number of nitrogens with zero attached hydrogens (tertiary/aromatic N) is 7. The Bertz CT molecular complexity index is 1060. The number of hydrogen-bond donors (Lipinski definition) is 1. The summed E-state index contributed by atoms with van der Waals surface area (Å²) in [4.78, 5) is 17.5. The summed E-state index contributed by atoms with van der Waals surface area (Å²) in [6.07, 6.45) is 5.30. The molecule has 0 saturated heterocycles. The first kappa shape index (κ1) is 16.2. The van der Waals surface area contributed by atoms with Gasteiger partial charge in [0.25, 0.3) is 0 Å². The highest BCUT2D eigenvalue weighted by Crippen LogP contribution is 2.24. The molecule has 4 rings (SSSR count). The third-order valence-corrected chi connectivity index (χ3v) is 4.41.